The van der Waals surface area contributed by atoms with Gasteiger partial charge in [0.25, 0.3) is 0 Å². The Labute approximate surface area is 102 Å². The summed E-state index contributed by atoms with van der Waals surface area (Å²) in [7, 11) is 1.31. The first-order chi connectivity index (χ1) is 7.47. The zero-order valence-corrected chi connectivity index (χ0v) is 10.8. The van der Waals surface area contributed by atoms with Crippen molar-refractivity contribution < 1.29 is 14.3 Å². The molecule has 0 aliphatic carbocycles. The highest BCUT2D eigenvalue weighted by molar-refractivity contribution is 9.10. The van der Waals surface area contributed by atoms with Crippen LogP contribution in [0.2, 0.25) is 0 Å². The maximum atomic E-state index is 11.6. The highest BCUT2D eigenvalue weighted by atomic mass is 79.9. The van der Waals surface area contributed by atoms with Crippen molar-refractivity contribution in [1.82, 2.24) is 0 Å². The van der Waals surface area contributed by atoms with Crippen LogP contribution < -0.4 is 5.32 Å². The number of ether oxygens (including phenoxy) is 1. The normalized spacial score (nSPS) is 9.75. The minimum Gasteiger partial charge on any atom is -0.465 e. The molecule has 0 radical (unpaired) electrons. The molecular weight excluding hydrogens is 274 g/mol. The van der Waals surface area contributed by atoms with E-state index in [1.165, 1.54) is 14.0 Å². The molecule has 86 valence electrons. The van der Waals surface area contributed by atoms with Crippen LogP contribution in [0.5, 0.6) is 0 Å². The van der Waals surface area contributed by atoms with Crippen molar-refractivity contribution in [1.29, 1.82) is 0 Å². The second-order valence-electron chi connectivity index (χ2n) is 3.27. The largest absolute Gasteiger partial charge is 0.465 e. The molecule has 4 nitrogen and oxygen atoms in total. The van der Waals surface area contributed by atoms with Gasteiger partial charge in [0.2, 0.25) is 5.91 Å². The van der Waals surface area contributed by atoms with Crippen molar-refractivity contribution in [3.8, 4) is 0 Å². The molecule has 0 aliphatic rings. The van der Waals surface area contributed by atoms with Crippen LogP contribution in [0.3, 0.4) is 0 Å². The second-order valence-corrected chi connectivity index (χ2v) is 4.12. The summed E-state index contributed by atoms with van der Waals surface area (Å²) in [6.07, 6.45) is 0. The van der Waals surface area contributed by atoms with Gasteiger partial charge in [0.1, 0.15) is 0 Å². The van der Waals surface area contributed by atoms with Gasteiger partial charge in [-0.2, -0.15) is 0 Å². The summed E-state index contributed by atoms with van der Waals surface area (Å²) in [6, 6.07) is 3.43. The van der Waals surface area contributed by atoms with Crippen LogP contribution in [0.4, 0.5) is 5.69 Å². The van der Waals surface area contributed by atoms with Crippen LogP contribution in [0.1, 0.15) is 22.8 Å². The van der Waals surface area contributed by atoms with Gasteiger partial charge in [-0.25, -0.2) is 4.79 Å². The first-order valence-corrected chi connectivity index (χ1v) is 5.41. The van der Waals surface area contributed by atoms with Crippen LogP contribution in [0.25, 0.3) is 0 Å². The predicted octanol–water partition coefficient (Wildman–Crippen LogP) is 2.50. The van der Waals surface area contributed by atoms with E-state index in [1.54, 1.807) is 19.1 Å². The van der Waals surface area contributed by atoms with E-state index in [-0.39, 0.29) is 5.91 Å². The molecule has 16 heavy (non-hydrogen) atoms. The molecule has 0 aliphatic heterocycles. The molecule has 0 atom stereocenters. The van der Waals surface area contributed by atoms with E-state index in [1.807, 2.05) is 0 Å². The van der Waals surface area contributed by atoms with Crippen molar-refractivity contribution in [2.45, 2.75) is 13.8 Å². The fourth-order valence-electron chi connectivity index (χ4n) is 1.35. The number of carbonyl (C=O) groups is 2. The Morgan fingerprint density at radius 2 is 2.00 bits per heavy atom. The monoisotopic (exact) mass is 285 g/mol. The van der Waals surface area contributed by atoms with E-state index in [9.17, 15) is 9.59 Å². The summed E-state index contributed by atoms with van der Waals surface area (Å²) in [5, 5.41) is 2.60. The van der Waals surface area contributed by atoms with E-state index in [4.69, 9.17) is 0 Å². The lowest BCUT2D eigenvalue weighted by Crippen LogP contribution is -2.13. The summed E-state index contributed by atoms with van der Waals surface area (Å²) in [5.41, 5.74) is 1.56. The third-order valence-corrected chi connectivity index (χ3v) is 2.96. The van der Waals surface area contributed by atoms with Crippen molar-refractivity contribution in [2.24, 2.45) is 0 Å². The standard InChI is InChI=1S/C11H12BrNO3/c1-6-8(12)4-5-9(13-7(2)14)10(6)11(15)16-3/h4-5H,1-3H3,(H,13,14). The summed E-state index contributed by atoms with van der Waals surface area (Å²) < 4.78 is 5.48. The molecule has 5 heteroatoms. The van der Waals surface area contributed by atoms with Crippen LogP contribution in [-0.4, -0.2) is 19.0 Å². The van der Waals surface area contributed by atoms with Crippen molar-refractivity contribution in [3.63, 3.8) is 0 Å². The van der Waals surface area contributed by atoms with Gasteiger partial charge in [0.05, 0.1) is 18.4 Å². The average Bonchev–Trinajstić information content (AvgIpc) is 2.22. The number of carbonyl (C=O) groups excluding carboxylic acids is 2. The van der Waals surface area contributed by atoms with Crippen molar-refractivity contribution in [2.75, 3.05) is 12.4 Å². The molecule has 0 bridgehead atoms. The number of nitrogens with one attached hydrogen (secondary N) is 1. The highest BCUT2D eigenvalue weighted by Gasteiger charge is 2.17. The summed E-state index contributed by atoms with van der Waals surface area (Å²) in [6.45, 7) is 3.17. The summed E-state index contributed by atoms with van der Waals surface area (Å²) in [5.74, 6) is -0.700. The summed E-state index contributed by atoms with van der Waals surface area (Å²) >= 11 is 3.32. The fraction of sp³-hybridized carbons (Fsp3) is 0.273. The number of hydrogen-bond donors (Lipinski definition) is 1. The lowest BCUT2D eigenvalue weighted by atomic mass is 10.1. The SMILES string of the molecule is COC(=O)c1c(NC(C)=O)ccc(Br)c1C. The Kier molecular flexibility index (Phi) is 4.06. The van der Waals surface area contributed by atoms with E-state index < -0.39 is 5.97 Å². The minimum atomic E-state index is -0.470. The van der Waals surface area contributed by atoms with Gasteiger partial charge in [-0.3, -0.25) is 4.79 Å². The quantitative estimate of drug-likeness (QED) is 0.850. The number of anilines is 1. The smallest absolute Gasteiger partial charge is 0.340 e. The fourth-order valence-corrected chi connectivity index (χ4v) is 1.68. The molecule has 0 unspecified atom stereocenters. The average molecular weight is 286 g/mol. The lowest BCUT2D eigenvalue weighted by Gasteiger charge is -2.12. The van der Waals surface area contributed by atoms with Gasteiger partial charge in [0, 0.05) is 11.4 Å². The number of benzene rings is 1. The van der Waals surface area contributed by atoms with Gasteiger partial charge < -0.3 is 10.1 Å². The van der Waals surface area contributed by atoms with E-state index in [0.29, 0.717) is 11.3 Å². The Morgan fingerprint density at radius 3 is 2.50 bits per heavy atom. The lowest BCUT2D eigenvalue weighted by molar-refractivity contribution is -0.114. The van der Waals surface area contributed by atoms with Crippen LogP contribution >= 0.6 is 15.9 Å². The molecule has 1 rings (SSSR count). The Morgan fingerprint density at radius 1 is 1.38 bits per heavy atom. The molecule has 0 aromatic heterocycles. The zero-order chi connectivity index (χ0) is 12.3. The summed E-state index contributed by atoms with van der Waals surface area (Å²) in [4.78, 5) is 22.6. The van der Waals surface area contributed by atoms with E-state index in [2.05, 4.69) is 26.0 Å². The van der Waals surface area contributed by atoms with Gasteiger partial charge in [-0.05, 0) is 24.6 Å². The van der Waals surface area contributed by atoms with E-state index in [0.717, 1.165) is 10.0 Å². The second kappa shape index (κ2) is 5.12. The highest BCUT2D eigenvalue weighted by Crippen LogP contribution is 2.27. The Hall–Kier alpha value is -1.36. The Balaban J connectivity index is 3.32. The third kappa shape index (κ3) is 2.61. The first kappa shape index (κ1) is 12.7. The van der Waals surface area contributed by atoms with Gasteiger partial charge in [-0.1, -0.05) is 15.9 Å². The topological polar surface area (TPSA) is 55.4 Å². The van der Waals surface area contributed by atoms with Gasteiger partial charge >= 0.3 is 5.97 Å². The number of hydrogen-bond acceptors (Lipinski definition) is 3. The molecule has 1 N–H and O–H groups in total. The van der Waals surface area contributed by atoms with Crippen molar-refractivity contribution in [3.05, 3.63) is 27.7 Å². The third-order valence-electron chi connectivity index (χ3n) is 2.10. The number of amides is 1. The maximum absolute atomic E-state index is 11.6. The predicted molar refractivity (Wildman–Crippen MR) is 64.5 cm³/mol. The zero-order valence-electron chi connectivity index (χ0n) is 9.26. The molecule has 0 saturated carbocycles. The van der Waals surface area contributed by atoms with Crippen LogP contribution in [-0.2, 0) is 9.53 Å². The molecule has 1 amide bonds. The first-order valence-electron chi connectivity index (χ1n) is 4.62. The number of methoxy groups -OCH3 is 1. The molecule has 0 fully saturated rings. The molecule has 1 aromatic carbocycles. The van der Waals surface area contributed by atoms with Crippen LogP contribution in [0.15, 0.2) is 16.6 Å². The number of rotatable bonds is 2. The molecular formula is C11H12BrNO3. The Bertz CT molecular complexity index is 443. The van der Waals surface area contributed by atoms with Gasteiger partial charge in [-0.15, -0.1) is 0 Å². The molecule has 0 heterocycles. The van der Waals surface area contributed by atoms with E-state index >= 15 is 0 Å². The number of esters is 1. The molecule has 0 saturated heterocycles. The number of halogens is 1. The van der Waals surface area contributed by atoms with Crippen LogP contribution in [0, 0.1) is 6.92 Å². The minimum absolute atomic E-state index is 0.230. The molecule has 0 spiro atoms. The van der Waals surface area contributed by atoms with Crippen molar-refractivity contribution >= 4 is 33.5 Å². The maximum Gasteiger partial charge on any atom is 0.340 e. The molecule has 1 aromatic rings. The van der Waals surface area contributed by atoms with Gasteiger partial charge in [0.15, 0.2) is 0 Å².